The third-order valence-corrected chi connectivity index (χ3v) is 1.91. The van der Waals surface area contributed by atoms with Crippen molar-refractivity contribution < 1.29 is 0 Å². The van der Waals surface area contributed by atoms with Crippen molar-refractivity contribution in [2.24, 2.45) is 11.8 Å². The highest BCUT2D eigenvalue weighted by atomic mass is 31.0. The van der Waals surface area contributed by atoms with Gasteiger partial charge in [-0.1, -0.05) is 0 Å². The molecule has 0 aromatic carbocycles. The van der Waals surface area contributed by atoms with Crippen LogP contribution in [0, 0.1) is 11.8 Å². The van der Waals surface area contributed by atoms with E-state index in [1.807, 2.05) is 0 Å². The molecular formula is C6H13P. The van der Waals surface area contributed by atoms with Crippen LogP contribution in [0.4, 0.5) is 0 Å². The van der Waals surface area contributed by atoms with Gasteiger partial charge in [0, 0.05) is 0 Å². The smallest absolute Gasteiger partial charge is 0.0386 e. The molecule has 2 aliphatic rings. The van der Waals surface area contributed by atoms with Gasteiger partial charge in [0.1, 0.15) is 0 Å². The molecule has 7 heavy (non-hydrogen) atoms. The van der Waals surface area contributed by atoms with Crippen molar-refractivity contribution in [1.82, 2.24) is 0 Å². The summed E-state index contributed by atoms with van der Waals surface area (Å²) in [5.41, 5.74) is 0. The molecule has 0 bridgehead atoms. The zero-order valence-corrected chi connectivity index (χ0v) is 6.10. The fourth-order valence-electron chi connectivity index (χ4n) is 1.14. The lowest BCUT2D eigenvalue weighted by molar-refractivity contribution is 0.716. The Morgan fingerprint density at radius 1 is 0.714 bits per heavy atom. The second-order valence-electron chi connectivity index (χ2n) is 2.67. The maximum Gasteiger partial charge on any atom is -0.0386 e. The Balaban J connectivity index is 0.000000245. The van der Waals surface area contributed by atoms with Crippen molar-refractivity contribution >= 4 is 9.90 Å². The van der Waals surface area contributed by atoms with Crippen LogP contribution in [-0.2, 0) is 0 Å². The van der Waals surface area contributed by atoms with E-state index in [-0.39, 0.29) is 9.90 Å². The van der Waals surface area contributed by atoms with Crippen molar-refractivity contribution in [1.29, 1.82) is 0 Å². The van der Waals surface area contributed by atoms with Crippen molar-refractivity contribution in [3.63, 3.8) is 0 Å². The Morgan fingerprint density at radius 3 is 1.14 bits per heavy atom. The van der Waals surface area contributed by atoms with Crippen LogP contribution >= 0.6 is 9.90 Å². The van der Waals surface area contributed by atoms with E-state index in [0.29, 0.717) is 0 Å². The summed E-state index contributed by atoms with van der Waals surface area (Å²) in [5, 5.41) is 0. The van der Waals surface area contributed by atoms with Crippen LogP contribution in [-0.4, -0.2) is 0 Å². The molecule has 0 saturated heterocycles. The summed E-state index contributed by atoms with van der Waals surface area (Å²) in [6.07, 6.45) is 6.24. The molecule has 0 N–H and O–H groups in total. The Labute approximate surface area is 48.3 Å². The van der Waals surface area contributed by atoms with E-state index >= 15 is 0 Å². The van der Waals surface area contributed by atoms with Gasteiger partial charge in [-0.05, 0) is 37.5 Å². The lowest BCUT2D eigenvalue weighted by atomic mass is 10.3. The molecular weight excluding hydrogens is 103 g/mol. The molecule has 2 saturated carbocycles. The summed E-state index contributed by atoms with van der Waals surface area (Å²) in [5.74, 6) is 2.43. The van der Waals surface area contributed by atoms with Gasteiger partial charge in [-0.3, -0.25) is 0 Å². The summed E-state index contributed by atoms with van der Waals surface area (Å²) < 4.78 is 0. The van der Waals surface area contributed by atoms with E-state index in [9.17, 15) is 0 Å². The van der Waals surface area contributed by atoms with Gasteiger partial charge in [0.15, 0.2) is 0 Å². The normalized spacial score (nSPS) is 29.1. The van der Waals surface area contributed by atoms with Crippen LogP contribution in [0.1, 0.15) is 25.7 Å². The molecule has 0 spiro atoms. The van der Waals surface area contributed by atoms with Crippen LogP contribution in [0.2, 0.25) is 0 Å². The Kier molecular flexibility index (Phi) is 1.39. The van der Waals surface area contributed by atoms with Crippen molar-refractivity contribution in [2.45, 2.75) is 25.7 Å². The minimum atomic E-state index is 0. The minimum Gasteiger partial charge on any atom is -0.153 e. The maximum atomic E-state index is 1.56. The zero-order chi connectivity index (χ0) is 3.98. The summed E-state index contributed by atoms with van der Waals surface area (Å²) in [6, 6.07) is 0. The molecule has 1 atom stereocenters. The molecule has 0 amide bonds. The fourth-order valence-corrected chi connectivity index (χ4v) is 1.14. The van der Waals surface area contributed by atoms with Crippen molar-refractivity contribution in [3.8, 4) is 0 Å². The second-order valence-corrected chi connectivity index (χ2v) is 2.67. The van der Waals surface area contributed by atoms with Crippen LogP contribution in [0.25, 0.3) is 0 Å². The first-order chi connectivity index (χ1) is 2.97. The standard InChI is InChI=1S/C6H10.H3P/c1-2-5(1)6-3-4-6;/h5-6H,1-4H2;1H3. The topological polar surface area (TPSA) is 0 Å². The predicted molar refractivity (Wildman–Crippen MR) is 36.6 cm³/mol. The lowest BCUT2D eigenvalue weighted by Gasteiger charge is -1.77. The molecule has 2 rings (SSSR count). The monoisotopic (exact) mass is 116 g/mol. The lowest BCUT2D eigenvalue weighted by Crippen LogP contribution is -1.70. The van der Waals surface area contributed by atoms with Gasteiger partial charge in [-0.25, -0.2) is 0 Å². The van der Waals surface area contributed by atoms with Crippen molar-refractivity contribution in [2.75, 3.05) is 0 Å². The molecule has 1 heteroatoms. The average Bonchev–Trinajstić information content (AvgIpc) is 2.26. The Morgan fingerprint density at radius 2 is 1.00 bits per heavy atom. The van der Waals surface area contributed by atoms with Crippen molar-refractivity contribution in [3.05, 3.63) is 0 Å². The van der Waals surface area contributed by atoms with Gasteiger partial charge in [0.2, 0.25) is 0 Å². The summed E-state index contributed by atoms with van der Waals surface area (Å²) >= 11 is 0. The third kappa shape index (κ3) is 1.16. The summed E-state index contributed by atoms with van der Waals surface area (Å²) in [4.78, 5) is 0. The molecule has 42 valence electrons. The first kappa shape index (κ1) is 5.56. The molecule has 0 aromatic heterocycles. The van der Waals surface area contributed by atoms with Gasteiger partial charge in [0.05, 0.1) is 0 Å². The molecule has 0 aromatic rings. The van der Waals surface area contributed by atoms with Gasteiger partial charge in [-0.15, -0.1) is 0 Å². The Hall–Kier alpha value is 0.430. The Bertz CT molecular complexity index is 52.6. The highest BCUT2D eigenvalue weighted by molar-refractivity contribution is 6.92. The number of hydrogen-bond donors (Lipinski definition) is 0. The predicted octanol–water partition coefficient (Wildman–Crippen LogP) is 1.86. The van der Waals surface area contributed by atoms with Crippen LogP contribution in [0.15, 0.2) is 0 Å². The van der Waals surface area contributed by atoms with Gasteiger partial charge < -0.3 is 0 Å². The van der Waals surface area contributed by atoms with E-state index in [2.05, 4.69) is 0 Å². The van der Waals surface area contributed by atoms with E-state index < -0.39 is 0 Å². The van der Waals surface area contributed by atoms with E-state index in [1.165, 1.54) is 11.8 Å². The largest absolute Gasteiger partial charge is 0.153 e. The first-order valence-corrected chi connectivity index (χ1v) is 2.97. The third-order valence-electron chi connectivity index (χ3n) is 1.91. The average molecular weight is 116 g/mol. The molecule has 0 aliphatic heterocycles. The van der Waals surface area contributed by atoms with E-state index in [0.717, 1.165) is 0 Å². The van der Waals surface area contributed by atoms with Gasteiger partial charge >= 0.3 is 0 Å². The van der Waals surface area contributed by atoms with E-state index in [4.69, 9.17) is 0 Å². The maximum absolute atomic E-state index is 1.56. The molecule has 0 radical (unpaired) electrons. The van der Waals surface area contributed by atoms with Crippen LogP contribution in [0.3, 0.4) is 0 Å². The van der Waals surface area contributed by atoms with Gasteiger partial charge in [-0.2, -0.15) is 9.90 Å². The van der Waals surface area contributed by atoms with Gasteiger partial charge in [0.25, 0.3) is 0 Å². The van der Waals surface area contributed by atoms with E-state index in [1.54, 1.807) is 25.7 Å². The molecule has 0 heterocycles. The molecule has 1 unspecified atom stereocenters. The second kappa shape index (κ2) is 1.74. The highest BCUT2D eigenvalue weighted by Crippen LogP contribution is 2.49. The minimum absolute atomic E-state index is 0. The van der Waals surface area contributed by atoms with Crippen LogP contribution < -0.4 is 0 Å². The first-order valence-electron chi connectivity index (χ1n) is 2.97. The zero-order valence-electron chi connectivity index (χ0n) is 4.69. The number of rotatable bonds is 1. The molecule has 2 aliphatic carbocycles. The molecule has 0 nitrogen and oxygen atoms in total. The van der Waals surface area contributed by atoms with Crippen LogP contribution in [0.5, 0.6) is 0 Å². The number of hydrogen-bond acceptors (Lipinski definition) is 0. The summed E-state index contributed by atoms with van der Waals surface area (Å²) in [7, 11) is 0. The highest BCUT2D eigenvalue weighted by Gasteiger charge is 2.37. The molecule has 2 fully saturated rings. The quantitative estimate of drug-likeness (QED) is 0.459. The SMILES string of the molecule is C1CC1C1CC1.P. The fraction of sp³-hybridized carbons (Fsp3) is 1.00. The summed E-state index contributed by atoms with van der Waals surface area (Å²) in [6.45, 7) is 0.